The maximum atomic E-state index is 11.6. The zero-order valence-electron chi connectivity index (χ0n) is 10.8. The minimum absolute atomic E-state index is 0.280. The normalized spacial score (nSPS) is 11.8. The Morgan fingerprint density at radius 2 is 1.89 bits per heavy atom. The first-order valence-electron chi connectivity index (χ1n) is 5.57. The molecule has 0 aliphatic heterocycles. The summed E-state index contributed by atoms with van der Waals surface area (Å²) in [6.07, 6.45) is -0.472. The average molecular weight is 280 g/mol. The molecule has 0 bridgehead atoms. The van der Waals surface area contributed by atoms with Crippen LogP contribution in [0.1, 0.15) is 20.3 Å². The van der Waals surface area contributed by atoms with Gasteiger partial charge in [-0.3, -0.25) is 9.59 Å². The lowest BCUT2D eigenvalue weighted by Crippen LogP contribution is -2.40. The lowest BCUT2D eigenvalue weighted by molar-refractivity contribution is -0.136. The van der Waals surface area contributed by atoms with E-state index < -0.39 is 34.1 Å². The van der Waals surface area contributed by atoms with Crippen molar-refractivity contribution in [1.82, 2.24) is 9.62 Å². The third kappa shape index (κ3) is 7.23. The average Bonchev–Trinajstić information content (AvgIpc) is 2.23. The summed E-state index contributed by atoms with van der Waals surface area (Å²) in [5.41, 5.74) is 0. The number of aliphatic carboxylic acids is 1. The van der Waals surface area contributed by atoms with Crippen LogP contribution in [0.5, 0.6) is 0 Å². The van der Waals surface area contributed by atoms with Gasteiger partial charge in [-0.15, -0.1) is 0 Å². The zero-order valence-corrected chi connectivity index (χ0v) is 11.7. The highest BCUT2D eigenvalue weighted by Crippen LogP contribution is 2.00. The minimum Gasteiger partial charge on any atom is -0.481 e. The van der Waals surface area contributed by atoms with Crippen LogP contribution >= 0.6 is 0 Å². The number of carboxylic acids is 1. The molecule has 0 aromatic heterocycles. The van der Waals surface area contributed by atoms with Gasteiger partial charge in [0, 0.05) is 13.6 Å². The van der Waals surface area contributed by atoms with Crippen LogP contribution in [0.25, 0.3) is 0 Å². The second-order valence-corrected chi connectivity index (χ2v) is 6.61. The van der Waals surface area contributed by atoms with Gasteiger partial charge in [0.1, 0.15) is 0 Å². The number of likely N-dealkylation sites (N-methyl/N-ethyl adjacent to an activating group) is 1. The molecule has 8 heteroatoms. The topological polar surface area (TPSA) is 104 Å². The summed E-state index contributed by atoms with van der Waals surface area (Å²) in [7, 11) is -2.44. The van der Waals surface area contributed by atoms with Crippen molar-refractivity contribution in [3.63, 3.8) is 0 Å². The van der Waals surface area contributed by atoms with E-state index >= 15 is 0 Å². The number of amides is 1. The van der Waals surface area contributed by atoms with Crippen LogP contribution in [-0.2, 0) is 19.6 Å². The van der Waals surface area contributed by atoms with Gasteiger partial charge in [0.2, 0.25) is 15.9 Å². The van der Waals surface area contributed by atoms with Crippen LogP contribution in [0, 0.1) is 5.92 Å². The SMILES string of the molecule is CC(C)CNC(=O)CN(C)S(=O)(=O)CCC(=O)O. The summed E-state index contributed by atoms with van der Waals surface area (Å²) in [4.78, 5) is 21.7. The second kappa shape index (κ2) is 7.32. The summed E-state index contributed by atoms with van der Waals surface area (Å²) < 4.78 is 24.0. The van der Waals surface area contributed by atoms with Crippen LogP contribution in [0.2, 0.25) is 0 Å². The van der Waals surface area contributed by atoms with Crippen molar-refractivity contribution in [2.24, 2.45) is 5.92 Å². The van der Waals surface area contributed by atoms with Gasteiger partial charge in [0.05, 0.1) is 18.7 Å². The molecule has 0 aliphatic carbocycles. The predicted molar refractivity (Wildman–Crippen MR) is 66.5 cm³/mol. The monoisotopic (exact) mass is 280 g/mol. The Bertz CT molecular complexity index is 391. The molecule has 0 fully saturated rings. The molecule has 1 amide bonds. The van der Waals surface area contributed by atoms with E-state index in [0.29, 0.717) is 6.54 Å². The van der Waals surface area contributed by atoms with Gasteiger partial charge in [-0.25, -0.2) is 8.42 Å². The number of nitrogens with one attached hydrogen (secondary N) is 1. The molecule has 18 heavy (non-hydrogen) atoms. The van der Waals surface area contributed by atoms with Gasteiger partial charge in [-0.05, 0) is 5.92 Å². The fourth-order valence-corrected chi connectivity index (χ4v) is 2.10. The molecule has 0 aromatic rings. The summed E-state index contributed by atoms with van der Waals surface area (Å²) in [5.74, 6) is -1.81. The number of carboxylic acid groups (broad SMARTS) is 1. The first-order valence-corrected chi connectivity index (χ1v) is 7.18. The Morgan fingerprint density at radius 1 is 1.33 bits per heavy atom. The molecular formula is C10H20N2O5S. The molecule has 0 saturated heterocycles. The Hall–Kier alpha value is -1.15. The molecular weight excluding hydrogens is 260 g/mol. The number of nitrogens with zero attached hydrogens (tertiary/aromatic N) is 1. The highest BCUT2D eigenvalue weighted by molar-refractivity contribution is 7.89. The van der Waals surface area contributed by atoms with E-state index in [1.807, 2.05) is 13.8 Å². The number of carbonyl (C=O) groups is 2. The molecule has 0 spiro atoms. The number of sulfonamides is 1. The van der Waals surface area contributed by atoms with Gasteiger partial charge in [0.15, 0.2) is 0 Å². The van der Waals surface area contributed by atoms with Gasteiger partial charge in [0.25, 0.3) is 0 Å². The zero-order chi connectivity index (χ0) is 14.3. The quantitative estimate of drug-likeness (QED) is 0.623. The molecule has 0 saturated carbocycles. The second-order valence-electron chi connectivity index (χ2n) is 4.41. The third-order valence-corrected chi connectivity index (χ3v) is 3.92. The Balaban J connectivity index is 4.25. The van der Waals surface area contributed by atoms with Crippen molar-refractivity contribution >= 4 is 21.9 Å². The van der Waals surface area contributed by atoms with E-state index in [-0.39, 0.29) is 12.5 Å². The number of hydrogen-bond acceptors (Lipinski definition) is 4. The van der Waals surface area contributed by atoms with E-state index in [9.17, 15) is 18.0 Å². The van der Waals surface area contributed by atoms with Crippen molar-refractivity contribution in [1.29, 1.82) is 0 Å². The van der Waals surface area contributed by atoms with E-state index in [1.165, 1.54) is 7.05 Å². The van der Waals surface area contributed by atoms with Crippen molar-refractivity contribution < 1.29 is 23.1 Å². The Labute approximate surface area is 107 Å². The summed E-state index contributed by atoms with van der Waals surface area (Å²) in [5, 5.41) is 11.0. The van der Waals surface area contributed by atoms with Gasteiger partial charge in [-0.1, -0.05) is 13.8 Å². The van der Waals surface area contributed by atoms with Crippen LogP contribution in [0.3, 0.4) is 0 Å². The fourth-order valence-electron chi connectivity index (χ4n) is 1.05. The number of carbonyl (C=O) groups excluding carboxylic acids is 1. The van der Waals surface area contributed by atoms with Crippen LogP contribution in [0.15, 0.2) is 0 Å². The maximum absolute atomic E-state index is 11.6. The minimum atomic E-state index is -3.70. The molecule has 0 radical (unpaired) electrons. The molecule has 0 rings (SSSR count). The number of rotatable bonds is 8. The molecule has 0 aromatic carbocycles. The molecule has 0 heterocycles. The van der Waals surface area contributed by atoms with E-state index in [1.54, 1.807) is 0 Å². The lowest BCUT2D eigenvalue weighted by atomic mass is 10.2. The lowest BCUT2D eigenvalue weighted by Gasteiger charge is -2.16. The largest absolute Gasteiger partial charge is 0.481 e. The van der Waals surface area contributed by atoms with E-state index in [0.717, 1.165) is 4.31 Å². The van der Waals surface area contributed by atoms with Crippen LogP contribution < -0.4 is 5.32 Å². The summed E-state index contributed by atoms with van der Waals surface area (Å²) in [6.45, 7) is 4.03. The van der Waals surface area contributed by atoms with Gasteiger partial charge >= 0.3 is 5.97 Å². The Morgan fingerprint density at radius 3 is 2.33 bits per heavy atom. The molecule has 0 unspecified atom stereocenters. The molecule has 0 atom stereocenters. The molecule has 0 aliphatic rings. The first kappa shape index (κ1) is 16.9. The van der Waals surface area contributed by atoms with Gasteiger partial charge < -0.3 is 10.4 Å². The van der Waals surface area contributed by atoms with Crippen LogP contribution in [0.4, 0.5) is 0 Å². The fraction of sp³-hybridized carbons (Fsp3) is 0.800. The highest BCUT2D eigenvalue weighted by Gasteiger charge is 2.21. The van der Waals surface area contributed by atoms with E-state index in [4.69, 9.17) is 5.11 Å². The first-order chi connectivity index (χ1) is 8.15. The number of hydrogen-bond donors (Lipinski definition) is 2. The summed E-state index contributed by atoms with van der Waals surface area (Å²) >= 11 is 0. The predicted octanol–water partition coefficient (Wildman–Crippen LogP) is -0.505. The van der Waals surface area contributed by atoms with E-state index in [2.05, 4.69) is 5.32 Å². The van der Waals surface area contributed by atoms with Gasteiger partial charge in [-0.2, -0.15) is 4.31 Å². The molecule has 2 N–H and O–H groups in total. The van der Waals surface area contributed by atoms with Crippen molar-refractivity contribution in [3.05, 3.63) is 0 Å². The maximum Gasteiger partial charge on any atom is 0.304 e. The van der Waals surface area contributed by atoms with Crippen LogP contribution in [-0.4, -0.2) is 55.6 Å². The summed E-state index contributed by atoms with van der Waals surface area (Å²) in [6, 6.07) is 0. The molecule has 7 nitrogen and oxygen atoms in total. The smallest absolute Gasteiger partial charge is 0.304 e. The Kier molecular flexibility index (Phi) is 6.85. The third-order valence-electron chi connectivity index (χ3n) is 2.12. The highest BCUT2D eigenvalue weighted by atomic mass is 32.2. The van der Waals surface area contributed by atoms with Crippen molar-refractivity contribution in [2.45, 2.75) is 20.3 Å². The van der Waals surface area contributed by atoms with Crippen molar-refractivity contribution in [2.75, 3.05) is 25.9 Å². The van der Waals surface area contributed by atoms with Crippen molar-refractivity contribution in [3.8, 4) is 0 Å². The standard InChI is InChI=1S/C10H20N2O5S/c1-8(2)6-11-9(13)7-12(3)18(16,17)5-4-10(14)15/h8H,4-7H2,1-3H3,(H,11,13)(H,14,15). The molecule has 106 valence electrons.